The topological polar surface area (TPSA) is 82.6 Å². The predicted molar refractivity (Wildman–Crippen MR) is 118 cm³/mol. The summed E-state index contributed by atoms with van der Waals surface area (Å²) in [6.07, 6.45) is 5.58. The minimum Gasteiger partial charge on any atom is -0.480 e. The Morgan fingerprint density at radius 3 is 2.42 bits per heavy atom. The SMILES string of the molecule is COc1nn(C)cc1C1CCCCN1Cc1ccc(Oc2ccc(C(N)=O)cc2)cc1. The van der Waals surface area contributed by atoms with E-state index in [0.29, 0.717) is 23.2 Å². The molecule has 2 N–H and O–H groups in total. The van der Waals surface area contributed by atoms with Crippen LogP contribution in [0, 0.1) is 0 Å². The van der Waals surface area contributed by atoms with Crippen LogP contribution in [0.3, 0.4) is 0 Å². The summed E-state index contributed by atoms with van der Waals surface area (Å²) in [6.45, 7) is 1.91. The highest BCUT2D eigenvalue weighted by atomic mass is 16.5. The molecule has 31 heavy (non-hydrogen) atoms. The van der Waals surface area contributed by atoms with Gasteiger partial charge < -0.3 is 15.2 Å². The minimum absolute atomic E-state index is 0.303. The molecule has 0 radical (unpaired) electrons. The van der Waals surface area contributed by atoms with Crippen molar-refractivity contribution in [2.45, 2.75) is 31.8 Å². The van der Waals surface area contributed by atoms with Gasteiger partial charge in [-0.05, 0) is 61.3 Å². The fourth-order valence-electron chi connectivity index (χ4n) is 4.13. The van der Waals surface area contributed by atoms with Crippen LogP contribution >= 0.6 is 0 Å². The van der Waals surface area contributed by atoms with Crippen LogP contribution in [-0.4, -0.2) is 34.2 Å². The van der Waals surface area contributed by atoms with Crippen molar-refractivity contribution in [2.75, 3.05) is 13.7 Å². The second-order valence-corrected chi connectivity index (χ2v) is 7.88. The number of amides is 1. The van der Waals surface area contributed by atoms with Gasteiger partial charge in [-0.3, -0.25) is 14.4 Å². The van der Waals surface area contributed by atoms with Crippen LogP contribution in [0.2, 0.25) is 0 Å². The smallest absolute Gasteiger partial charge is 0.248 e. The van der Waals surface area contributed by atoms with Crippen molar-refractivity contribution in [3.05, 3.63) is 71.4 Å². The van der Waals surface area contributed by atoms with Gasteiger partial charge in [0.2, 0.25) is 11.8 Å². The fraction of sp³-hybridized carbons (Fsp3) is 0.333. The average molecular weight is 421 g/mol. The number of nitrogens with zero attached hydrogens (tertiary/aromatic N) is 3. The third kappa shape index (κ3) is 4.88. The van der Waals surface area contributed by atoms with Crippen LogP contribution in [-0.2, 0) is 13.6 Å². The second-order valence-electron chi connectivity index (χ2n) is 7.88. The second kappa shape index (κ2) is 9.22. The molecule has 0 aliphatic carbocycles. The molecule has 0 bridgehead atoms. The number of nitrogens with two attached hydrogens (primary N) is 1. The molecule has 1 fully saturated rings. The molecule has 7 heteroatoms. The van der Waals surface area contributed by atoms with Gasteiger partial charge in [-0.25, -0.2) is 0 Å². The van der Waals surface area contributed by atoms with Gasteiger partial charge in [-0.1, -0.05) is 18.6 Å². The lowest BCUT2D eigenvalue weighted by Crippen LogP contribution is -2.33. The summed E-state index contributed by atoms with van der Waals surface area (Å²) in [5.41, 5.74) is 8.13. The van der Waals surface area contributed by atoms with E-state index < -0.39 is 5.91 Å². The van der Waals surface area contributed by atoms with Crippen LogP contribution in [0.5, 0.6) is 17.4 Å². The Hall–Kier alpha value is -3.32. The number of rotatable bonds is 7. The van der Waals surface area contributed by atoms with Crippen LogP contribution in [0.25, 0.3) is 0 Å². The van der Waals surface area contributed by atoms with E-state index in [9.17, 15) is 4.79 Å². The summed E-state index contributed by atoms with van der Waals surface area (Å²) in [5.74, 6) is 1.68. The minimum atomic E-state index is -0.448. The predicted octanol–water partition coefficient (Wildman–Crippen LogP) is 4.05. The Morgan fingerprint density at radius 1 is 1.10 bits per heavy atom. The zero-order valence-corrected chi connectivity index (χ0v) is 18.0. The number of aryl methyl sites for hydroxylation is 1. The maximum Gasteiger partial charge on any atom is 0.248 e. The molecule has 4 rings (SSSR count). The summed E-state index contributed by atoms with van der Waals surface area (Å²) in [4.78, 5) is 13.7. The van der Waals surface area contributed by atoms with Crippen molar-refractivity contribution in [1.29, 1.82) is 0 Å². The zero-order chi connectivity index (χ0) is 21.8. The maximum absolute atomic E-state index is 11.2. The Morgan fingerprint density at radius 2 is 1.77 bits per heavy atom. The molecule has 1 saturated heterocycles. The van der Waals surface area contributed by atoms with E-state index in [0.717, 1.165) is 30.8 Å². The number of hydrogen-bond donors (Lipinski definition) is 1. The van der Waals surface area contributed by atoms with Crippen molar-refractivity contribution in [1.82, 2.24) is 14.7 Å². The summed E-state index contributed by atoms with van der Waals surface area (Å²) in [5, 5.41) is 4.44. The van der Waals surface area contributed by atoms with E-state index in [1.807, 2.05) is 23.9 Å². The molecule has 0 spiro atoms. The standard InChI is InChI=1S/C24H28N4O3/c1-27-16-21(24(26-27)30-2)22-5-3-4-14-28(22)15-17-6-10-19(11-7-17)31-20-12-8-18(9-13-20)23(25)29/h6-13,16,22H,3-5,14-15H2,1-2H3,(H2,25,29). The van der Waals surface area contributed by atoms with Gasteiger partial charge in [0.1, 0.15) is 11.5 Å². The first-order valence-corrected chi connectivity index (χ1v) is 10.5. The average Bonchev–Trinajstić information content (AvgIpc) is 3.16. The van der Waals surface area contributed by atoms with Crippen molar-refractivity contribution < 1.29 is 14.3 Å². The van der Waals surface area contributed by atoms with Crippen LogP contribution in [0.1, 0.15) is 46.8 Å². The van der Waals surface area contributed by atoms with E-state index >= 15 is 0 Å². The molecular weight excluding hydrogens is 392 g/mol. The Bertz CT molecular complexity index is 1030. The highest BCUT2D eigenvalue weighted by Crippen LogP contribution is 2.36. The number of carbonyl (C=O) groups is 1. The zero-order valence-electron chi connectivity index (χ0n) is 18.0. The van der Waals surface area contributed by atoms with Crippen LogP contribution in [0.4, 0.5) is 0 Å². The van der Waals surface area contributed by atoms with E-state index in [4.69, 9.17) is 15.2 Å². The molecule has 3 aromatic rings. The van der Waals surface area contributed by atoms with Crippen molar-refractivity contribution in [2.24, 2.45) is 12.8 Å². The maximum atomic E-state index is 11.2. The molecule has 1 aliphatic rings. The summed E-state index contributed by atoms with van der Waals surface area (Å²) < 4.78 is 13.2. The van der Waals surface area contributed by atoms with Gasteiger partial charge in [0.05, 0.1) is 12.7 Å². The van der Waals surface area contributed by atoms with Gasteiger partial charge in [0, 0.05) is 31.4 Å². The lowest BCUT2D eigenvalue weighted by atomic mass is 9.96. The lowest BCUT2D eigenvalue weighted by Gasteiger charge is -2.35. The number of methoxy groups -OCH3 is 1. The molecule has 1 atom stereocenters. The molecule has 1 unspecified atom stereocenters. The highest BCUT2D eigenvalue weighted by Gasteiger charge is 2.28. The van der Waals surface area contributed by atoms with Gasteiger partial charge in [-0.15, -0.1) is 5.10 Å². The van der Waals surface area contributed by atoms with Crippen molar-refractivity contribution in [3.8, 4) is 17.4 Å². The first kappa shape index (κ1) is 20.9. The fourth-order valence-corrected chi connectivity index (χ4v) is 4.13. The number of primary amides is 1. The number of likely N-dealkylation sites (tertiary alicyclic amines) is 1. The monoisotopic (exact) mass is 420 g/mol. The summed E-state index contributed by atoms with van der Waals surface area (Å²) >= 11 is 0. The largest absolute Gasteiger partial charge is 0.480 e. The third-order valence-electron chi connectivity index (χ3n) is 5.67. The molecule has 162 valence electrons. The number of benzene rings is 2. The van der Waals surface area contributed by atoms with E-state index in [1.165, 1.54) is 18.4 Å². The number of carbonyl (C=O) groups excluding carboxylic acids is 1. The molecule has 2 aromatic carbocycles. The highest BCUT2D eigenvalue weighted by molar-refractivity contribution is 5.92. The molecule has 1 aliphatic heterocycles. The van der Waals surface area contributed by atoms with Crippen LogP contribution < -0.4 is 15.2 Å². The number of hydrogen-bond acceptors (Lipinski definition) is 5. The molecule has 1 aromatic heterocycles. The van der Waals surface area contributed by atoms with Crippen molar-refractivity contribution >= 4 is 5.91 Å². The van der Waals surface area contributed by atoms with Gasteiger partial charge in [-0.2, -0.15) is 0 Å². The third-order valence-corrected chi connectivity index (χ3v) is 5.67. The first-order valence-electron chi connectivity index (χ1n) is 10.5. The summed E-state index contributed by atoms with van der Waals surface area (Å²) in [7, 11) is 3.61. The molecule has 1 amide bonds. The Kier molecular flexibility index (Phi) is 6.23. The van der Waals surface area contributed by atoms with Gasteiger partial charge in [0.25, 0.3) is 0 Å². The summed E-state index contributed by atoms with van der Waals surface area (Å²) in [6, 6.07) is 15.3. The van der Waals surface area contributed by atoms with E-state index in [-0.39, 0.29) is 0 Å². The molecule has 0 saturated carbocycles. The molecular formula is C24H28N4O3. The van der Waals surface area contributed by atoms with E-state index in [2.05, 4.69) is 28.3 Å². The quantitative estimate of drug-likeness (QED) is 0.624. The Labute approximate surface area is 182 Å². The normalized spacial score (nSPS) is 16.8. The van der Waals surface area contributed by atoms with Crippen molar-refractivity contribution in [3.63, 3.8) is 0 Å². The van der Waals surface area contributed by atoms with E-state index in [1.54, 1.807) is 31.4 Å². The van der Waals surface area contributed by atoms with Crippen LogP contribution in [0.15, 0.2) is 54.7 Å². The number of ether oxygens (including phenoxy) is 2. The lowest BCUT2D eigenvalue weighted by molar-refractivity contribution is 0.100. The molecule has 7 nitrogen and oxygen atoms in total. The van der Waals surface area contributed by atoms with Gasteiger partial charge in [0.15, 0.2) is 0 Å². The number of piperidine rings is 1. The Balaban J connectivity index is 1.44. The molecule has 2 heterocycles. The van der Waals surface area contributed by atoms with Gasteiger partial charge >= 0.3 is 0 Å². The first-order chi connectivity index (χ1) is 15.0. The number of aromatic nitrogens is 2.